The van der Waals surface area contributed by atoms with E-state index in [9.17, 15) is 0 Å². The maximum atomic E-state index is 5.63. The van der Waals surface area contributed by atoms with Crippen molar-refractivity contribution in [1.29, 1.82) is 0 Å². The molecule has 0 saturated heterocycles. The van der Waals surface area contributed by atoms with Crippen molar-refractivity contribution in [3.63, 3.8) is 0 Å². The van der Waals surface area contributed by atoms with Crippen molar-refractivity contribution in [2.45, 2.75) is 6.61 Å². The summed E-state index contributed by atoms with van der Waals surface area (Å²) in [5.74, 6) is 0.817. The third-order valence-electron chi connectivity index (χ3n) is 2.39. The molecule has 0 unspecified atom stereocenters. The van der Waals surface area contributed by atoms with E-state index in [2.05, 4.69) is 6.92 Å². The molecule has 0 fully saturated rings. The fraction of sp³-hybridized carbons (Fsp3) is 0.0714. The van der Waals surface area contributed by atoms with E-state index in [0.717, 1.165) is 22.6 Å². The number of hydrogen-bond acceptors (Lipinski definition) is 2. The van der Waals surface area contributed by atoms with Crippen LogP contribution in [0.15, 0.2) is 48.5 Å². The molecule has 0 heterocycles. The minimum Gasteiger partial charge on any atom is -0.501 e. The van der Waals surface area contributed by atoms with Gasteiger partial charge in [0, 0.05) is 22.2 Å². The standard InChI is InChI=1S/C14H14NO.Ni/c1-11-4-2-3-5-12(11)10-16-14-8-6-13(15)7-9-14;/h2-9H,1,10,15H2;/q-1;. The summed E-state index contributed by atoms with van der Waals surface area (Å²) in [6.07, 6.45) is 0. The van der Waals surface area contributed by atoms with Gasteiger partial charge >= 0.3 is 0 Å². The Labute approximate surface area is 112 Å². The van der Waals surface area contributed by atoms with Gasteiger partial charge in [-0.1, -0.05) is 6.07 Å². The monoisotopic (exact) mass is 270 g/mol. The van der Waals surface area contributed by atoms with Crippen molar-refractivity contribution < 1.29 is 21.2 Å². The van der Waals surface area contributed by atoms with E-state index in [1.807, 2.05) is 48.5 Å². The molecule has 2 N–H and O–H groups in total. The molecule has 2 aromatic carbocycles. The van der Waals surface area contributed by atoms with Gasteiger partial charge in [-0.15, -0.1) is 17.7 Å². The van der Waals surface area contributed by atoms with Crippen molar-refractivity contribution >= 4 is 5.69 Å². The van der Waals surface area contributed by atoms with Crippen LogP contribution in [0.1, 0.15) is 11.1 Å². The first-order valence-corrected chi connectivity index (χ1v) is 5.14. The van der Waals surface area contributed by atoms with Gasteiger partial charge in [0.25, 0.3) is 0 Å². The Bertz CT molecular complexity index is 468. The predicted molar refractivity (Wildman–Crippen MR) is 66.1 cm³/mol. The number of nitrogens with two attached hydrogens (primary N) is 1. The molecule has 0 aliphatic heterocycles. The molecule has 0 aromatic heterocycles. The van der Waals surface area contributed by atoms with Gasteiger partial charge in [0.1, 0.15) is 5.75 Å². The molecule has 2 rings (SSSR count). The second kappa shape index (κ2) is 6.22. The normalized spacial score (nSPS) is 9.41. The van der Waals surface area contributed by atoms with Crippen LogP contribution in [-0.4, -0.2) is 0 Å². The molecule has 3 heteroatoms. The van der Waals surface area contributed by atoms with Gasteiger partial charge in [-0.25, -0.2) is 0 Å². The number of benzene rings is 2. The molecular weight excluding hydrogens is 257 g/mol. The molecule has 2 aromatic rings. The summed E-state index contributed by atoms with van der Waals surface area (Å²) < 4.78 is 5.63. The topological polar surface area (TPSA) is 35.2 Å². The quantitative estimate of drug-likeness (QED) is 0.529. The Balaban J connectivity index is 0.00000144. The summed E-state index contributed by atoms with van der Waals surface area (Å²) in [4.78, 5) is 0. The van der Waals surface area contributed by atoms with E-state index in [1.54, 1.807) is 0 Å². The van der Waals surface area contributed by atoms with Crippen LogP contribution in [0.3, 0.4) is 0 Å². The molecule has 0 saturated carbocycles. The van der Waals surface area contributed by atoms with E-state index in [1.165, 1.54) is 0 Å². The fourth-order valence-corrected chi connectivity index (χ4v) is 1.42. The first-order valence-electron chi connectivity index (χ1n) is 5.14. The number of nitrogen functional groups attached to an aromatic ring is 1. The Morgan fingerprint density at radius 3 is 2.29 bits per heavy atom. The third-order valence-corrected chi connectivity index (χ3v) is 2.39. The summed E-state index contributed by atoms with van der Waals surface area (Å²) in [6.45, 7) is 4.48. The molecule has 2 nitrogen and oxygen atoms in total. The van der Waals surface area contributed by atoms with Gasteiger partial charge in [0.2, 0.25) is 0 Å². The maximum Gasteiger partial charge on any atom is 0.118 e. The first kappa shape index (κ1) is 13.5. The zero-order valence-corrected chi connectivity index (χ0v) is 10.3. The van der Waals surface area contributed by atoms with Gasteiger partial charge in [0.05, 0.1) is 6.61 Å². The zero-order valence-electron chi connectivity index (χ0n) is 9.33. The van der Waals surface area contributed by atoms with Crippen molar-refractivity contribution in [3.05, 3.63) is 66.6 Å². The van der Waals surface area contributed by atoms with Crippen LogP contribution in [0.5, 0.6) is 5.75 Å². The summed E-state index contributed by atoms with van der Waals surface area (Å²) in [5, 5.41) is 0. The largest absolute Gasteiger partial charge is 0.501 e. The molecule has 0 amide bonds. The molecule has 17 heavy (non-hydrogen) atoms. The maximum absolute atomic E-state index is 5.63. The van der Waals surface area contributed by atoms with Gasteiger partial charge in [-0.05, 0) is 24.3 Å². The molecular formula is C14H14NNiO-. The number of hydrogen-bond donors (Lipinski definition) is 1. The predicted octanol–water partition coefficient (Wildman–Crippen LogP) is 3.03. The first-order chi connectivity index (χ1) is 7.75. The SMILES string of the molecule is [CH2-]c1ccccc1COc1ccc(N)cc1.[Ni]. The Morgan fingerprint density at radius 2 is 1.65 bits per heavy atom. The number of rotatable bonds is 3. The van der Waals surface area contributed by atoms with Crippen molar-refractivity contribution in [3.8, 4) is 5.75 Å². The van der Waals surface area contributed by atoms with Gasteiger partial charge in [0.15, 0.2) is 0 Å². The molecule has 92 valence electrons. The zero-order chi connectivity index (χ0) is 11.4. The molecule has 0 aliphatic carbocycles. The molecule has 0 aliphatic rings. The third kappa shape index (κ3) is 3.72. The summed E-state index contributed by atoms with van der Waals surface area (Å²) in [5.41, 5.74) is 8.43. The molecule has 0 spiro atoms. The smallest absolute Gasteiger partial charge is 0.118 e. The van der Waals surface area contributed by atoms with Crippen molar-refractivity contribution in [2.24, 2.45) is 0 Å². The van der Waals surface area contributed by atoms with Crippen LogP contribution in [0.4, 0.5) is 5.69 Å². The van der Waals surface area contributed by atoms with Gasteiger partial charge < -0.3 is 10.5 Å². The van der Waals surface area contributed by atoms with E-state index >= 15 is 0 Å². The molecule has 0 atom stereocenters. The summed E-state index contributed by atoms with van der Waals surface area (Å²) in [6, 6.07) is 15.3. The summed E-state index contributed by atoms with van der Waals surface area (Å²) in [7, 11) is 0. The average Bonchev–Trinajstić information content (AvgIpc) is 2.30. The van der Waals surface area contributed by atoms with Crippen LogP contribution >= 0.6 is 0 Å². The van der Waals surface area contributed by atoms with E-state index in [4.69, 9.17) is 10.5 Å². The van der Waals surface area contributed by atoms with Crippen LogP contribution in [0, 0.1) is 6.92 Å². The Kier molecular flexibility index (Phi) is 4.92. The minimum atomic E-state index is 0. The van der Waals surface area contributed by atoms with Gasteiger partial charge in [-0.2, -0.15) is 18.6 Å². The van der Waals surface area contributed by atoms with Crippen LogP contribution in [0.25, 0.3) is 0 Å². The van der Waals surface area contributed by atoms with Crippen molar-refractivity contribution in [1.82, 2.24) is 0 Å². The number of ether oxygens (including phenoxy) is 1. The summed E-state index contributed by atoms with van der Waals surface area (Å²) >= 11 is 0. The van der Waals surface area contributed by atoms with Crippen LogP contribution in [-0.2, 0) is 23.1 Å². The minimum absolute atomic E-state index is 0. The Hall–Kier alpha value is -1.60. The second-order valence-corrected chi connectivity index (χ2v) is 3.63. The van der Waals surface area contributed by atoms with Crippen LogP contribution < -0.4 is 10.5 Å². The van der Waals surface area contributed by atoms with E-state index < -0.39 is 0 Å². The second-order valence-electron chi connectivity index (χ2n) is 3.63. The molecule has 0 radical (unpaired) electrons. The van der Waals surface area contributed by atoms with E-state index in [-0.39, 0.29) is 16.5 Å². The average molecular weight is 271 g/mol. The number of anilines is 1. The van der Waals surface area contributed by atoms with Gasteiger partial charge in [-0.3, -0.25) is 0 Å². The van der Waals surface area contributed by atoms with Crippen molar-refractivity contribution in [2.75, 3.05) is 5.73 Å². The molecule has 0 bridgehead atoms. The van der Waals surface area contributed by atoms with Crippen LogP contribution in [0.2, 0.25) is 0 Å². The van der Waals surface area contributed by atoms with E-state index in [0.29, 0.717) is 6.61 Å². The fourth-order valence-electron chi connectivity index (χ4n) is 1.42. The Morgan fingerprint density at radius 1 is 1.00 bits per heavy atom.